The lowest BCUT2D eigenvalue weighted by Crippen LogP contribution is -2.14. The fourth-order valence-electron chi connectivity index (χ4n) is 3.17. The van der Waals surface area contributed by atoms with Crippen LogP contribution >= 0.6 is 10.0 Å². The van der Waals surface area contributed by atoms with Gasteiger partial charge in [-0.05, 0) is 59.4 Å². The molecule has 0 nitrogen and oxygen atoms in total. The zero-order valence-electron chi connectivity index (χ0n) is 16.4. The van der Waals surface area contributed by atoms with Gasteiger partial charge in [0, 0.05) is 5.92 Å². The largest absolute Gasteiger partial charge is 0.193 e. The molecule has 128 valence electrons. The molecule has 0 N–H and O–H groups in total. The predicted molar refractivity (Wildman–Crippen MR) is 109 cm³/mol. The van der Waals surface area contributed by atoms with Crippen LogP contribution in [0.15, 0.2) is 46.2 Å². The highest BCUT2D eigenvalue weighted by molar-refractivity contribution is 8.32. The first kappa shape index (κ1) is 19.8. The maximum atomic E-state index is 2.44. The van der Waals surface area contributed by atoms with Gasteiger partial charge in [0.1, 0.15) is 0 Å². The quantitative estimate of drug-likeness (QED) is 0.475. The molecule has 1 aliphatic rings. The molecule has 0 saturated carbocycles. The van der Waals surface area contributed by atoms with Crippen LogP contribution in [0, 0.1) is 13.8 Å². The van der Waals surface area contributed by atoms with Crippen LogP contribution in [-0.4, -0.2) is 12.5 Å². The van der Waals surface area contributed by atoms with Gasteiger partial charge in [-0.1, -0.05) is 70.0 Å². The Labute approximate surface area is 145 Å². The first-order valence-electron chi connectivity index (χ1n) is 8.86. The molecular weight excluding hydrogens is 296 g/mol. The van der Waals surface area contributed by atoms with Crippen molar-refractivity contribution in [2.45, 2.75) is 64.2 Å². The van der Waals surface area contributed by atoms with Crippen LogP contribution in [0.1, 0.15) is 62.8 Å². The van der Waals surface area contributed by atoms with Crippen molar-refractivity contribution in [1.29, 1.82) is 0 Å². The number of aryl methyl sites for hydroxylation is 2. The molecule has 0 atom stereocenters. The highest BCUT2D eigenvalue weighted by Gasteiger charge is 2.32. The van der Waals surface area contributed by atoms with Gasteiger partial charge in [-0.15, -0.1) is 0 Å². The topological polar surface area (TPSA) is 0 Å². The smallest absolute Gasteiger partial charge is 0.00822 e. The molecule has 1 heteroatoms. The summed E-state index contributed by atoms with van der Waals surface area (Å²) in [6.07, 6.45) is 4.88. The van der Waals surface area contributed by atoms with Crippen LogP contribution in [0.2, 0.25) is 0 Å². The van der Waals surface area contributed by atoms with Crippen molar-refractivity contribution >= 4 is 10.0 Å². The third-order valence-corrected chi connectivity index (χ3v) is 7.28. The molecule has 0 saturated heterocycles. The highest BCUT2D eigenvalue weighted by atomic mass is 32.3. The van der Waals surface area contributed by atoms with Gasteiger partial charge in [-0.2, -0.15) is 10.0 Å². The second-order valence-electron chi connectivity index (χ2n) is 6.13. The summed E-state index contributed by atoms with van der Waals surface area (Å²) in [6, 6.07) is 14.0. The molecule has 0 unspecified atom stereocenters. The highest BCUT2D eigenvalue weighted by Crippen LogP contribution is 2.64. The van der Waals surface area contributed by atoms with E-state index in [1.54, 1.807) is 9.79 Å². The van der Waals surface area contributed by atoms with Crippen LogP contribution in [0.5, 0.6) is 0 Å². The molecule has 1 heterocycles. The molecule has 23 heavy (non-hydrogen) atoms. The maximum Gasteiger partial charge on any atom is 0.00822 e. The number of hydrogen-bond donors (Lipinski definition) is 0. The Balaban J connectivity index is 0.000000615. The summed E-state index contributed by atoms with van der Waals surface area (Å²) >= 11 is 0. The predicted octanol–water partition coefficient (Wildman–Crippen LogP) is 7.30. The van der Waals surface area contributed by atoms with Crippen molar-refractivity contribution in [2.24, 2.45) is 0 Å². The summed E-state index contributed by atoms with van der Waals surface area (Å²) < 4.78 is 0. The zero-order valence-corrected chi connectivity index (χ0v) is 17.3. The number of fused-ring (bicyclic) bond motifs is 2. The molecular formula is C22H34S. The van der Waals surface area contributed by atoms with Crippen molar-refractivity contribution in [2.75, 3.05) is 12.5 Å². The Bertz CT molecular complexity index is 598. The van der Waals surface area contributed by atoms with Gasteiger partial charge in [0.2, 0.25) is 0 Å². The lowest BCUT2D eigenvalue weighted by Gasteiger charge is -2.42. The number of rotatable bonds is 0. The van der Waals surface area contributed by atoms with E-state index >= 15 is 0 Å². The molecule has 0 spiro atoms. The minimum absolute atomic E-state index is 0.520. The van der Waals surface area contributed by atoms with E-state index in [2.05, 4.69) is 69.7 Å². The summed E-state index contributed by atoms with van der Waals surface area (Å²) in [7, 11) is -0.879. The van der Waals surface area contributed by atoms with E-state index in [4.69, 9.17) is 0 Å². The molecule has 0 bridgehead atoms. The molecule has 0 amide bonds. The number of hydrogen-bond acceptors (Lipinski definition) is 0. The summed E-state index contributed by atoms with van der Waals surface area (Å²) in [4.78, 5) is 3.16. The van der Waals surface area contributed by atoms with E-state index in [1.165, 1.54) is 22.3 Å². The van der Waals surface area contributed by atoms with Gasteiger partial charge in [0.05, 0.1) is 0 Å². The van der Waals surface area contributed by atoms with Crippen molar-refractivity contribution in [3.8, 4) is 0 Å². The lowest BCUT2D eigenvalue weighted by molar-refractivity contribution is 0.846. The lowest BCUT2D eigenvalue weighted by atomic mass is 9.91. The molecule has 0 aromatic heterocycles. The molecule has 2 aromatic rings. The molecule has 0 radical (unpaired) electrons. The fourth-order valence-corrected chi connectivity index (χ4v) is 6.03. The summed E-state index contributed by atoms with van der Waals surface area (Å²) in [5, 5.41) is 0. The summed E-state index contributed by atoms with van der Waals surface area (Å²) in [5.74, 6) is 0.520. The third kappa shape index (κ3) is 3.66. The average molecular weight is 331 g/mol. The van der Waals surface area contributed by atoms with E-state index in [1.807, 2.05) is 27.7 Å². The van der Waals surface area contributed by atoms with Crippen LogP contribution in [0.3, 0.4) is 0 Å². The normalized spacial score (nSPS) is 15.9. The van der Waals surface area contributed by atoms with E-state index in [-0.39, 0.29) is 0 Å². The summed E-state index contributed by atoms with van der Waals surface area (Å²) in [6.45, 7) is 14.7. The van der Waals surface area contributed by atoms with Crippen LogP contribution in [-0.2, 0) is 0 Å². The second kappa shape index (κ2) is 8.06. The molecule has 1 aliphatic heterocycles. The summed E-state index contributed by atoms with van der Waals surface area (Å²) in [5.41, 5.74) is 5.81. The third-order valence-electron chi connectivity index (χ3n) is 4.37. The van der Waals surface area contributed by atoms with E-state index in [0.717, 1.165) is 0 Å². The number of benzene rings is 2. The zero-order chi connectivity index (χ0) is 17.8. The average Bonchev–Trinajstić information content (AvgIpc) is 2.57. The Morgan fingerprint density at radius 1 is 0.696 bits per heavy atom. The van der Waals surface area contributed by atoms with Crippen molar-refractivity contribution in [3.63, 3.8) is 0 Å². The van der Waals surface area contributed by atoms with E-state index in [9.17, 15) is 0 Å². The first-order valence-corrected chi connectivity index (χ1v) is 11.3. The van der Waals surface area contributed by atoms with Gasteiger partial charge >= 0.3 is 0 Å². The Morgan fingerprint density at radius 2 is 1.04 bits per heavy atom. The SMILES string of the molecule is CC.CC.Cc1ccc2c(c1)S(C)(C)c1cc(C)ccc1C2C. The van der Waals surface area contributed by atoms with Crippen LogP contribution < -0.4 is 0 Å². The minimum Gasteiger partial charge on any atom is -0.193 e. The van der Waals surface area contributed by atoms with Gasteiger partial charge < -0.3 is 0 Å². The van der Waals surface area contributed by atoms with E-state index in [0.29, 0.717) is 5.92 Å². The minimum atomic E-state index is -0.879. The van der Waals surface area contributed by atoms with Crippen molar-refractivity contribution < 1.29 is 0 Å². The Morgan fingerprint density at radius 3 is 1.39 bits per heavy atom. The van der Waals surface area contributed by atoms with Gasteiger partial charge in [0.15, 0.2) is 0 Å². The second-order valence-corrected chi connectivity index (χ2v) is 9.66. The van der Waals surface area contributed by atoms with Gasteiger partial charge in [0.25, 0.3) is 0 Å². The standard InChI is InChI=1S/C18H22S.2C2H6/c1-12-6-8-15-14(3)16-9-7-13(2)11-18(16)19(4,5)17(15)10-12;2*1-2/h6-11,14H,1-5H3;2*1-2H3. The Hall–Kier alpha value is -1.21. The van der Waals surface area contributed by atoms with Crippen molar-refractivity contribution in [1.82, 2.24) is 0 Å². The molecule has 0 aliphatic carbocycles. The van der Waals surface area contributed by atoms with E-state index < -0.39 is 10.0 Å². The maximum absolute atomic E-state index is 2.44. The molecule has 0 fully saturated rings. The van der Waals surface area contributed by atoms with Gasteiger partial charge in [-0.25, -0.2) is 0 Å². The van der Waals surface area contributed by atoms with Crippen LogP contribution in [0.4, 0.5) is 0 Å². The fraction of sp³-hybridized carbons (Fsp3) is 0.455. The monoisotopic (exact) mass is 330 g/mol. The first-order chi connectivity index (χ1) is 10.9. The molecule has 3 rings (SSSR count). The molecule has 2 aromatic carbocycles. The van der Waals surface area contributed by atoms with Gasteiger partial charge in [-0.3, -0.25) is 0 Å². The Kier molecular flexibility index (Phi) is 6.95. The van der Waals surface area contributed by atoms with Crippen molar-refractivity contribution in [3.05, 3.63) is 58.7 Å². The van der Waals surface area contributed by atoms with Crippen LogP contribution in [0.25, 0.3) is 0 Å².